The maximum atomic E-state index is 13.6. The highest BCUT2D eigenvalue weighted by Gasteiger charge is 2.12. The summed E-state index contributed by atoms with van der Waals surface area (Å²) < 4.78 is 13.6. The Labute approximate surface area is 102 Å². The van der Waals surface area contributed by atoms with Crippen molar-refractivity contribution in [3.8, 4) is 0 Å². The summed E-state index contributed by atoms with van der Waals surface area (Å²) in [5.41, 5.74) is 6.91. The molecule has 0 radical (unpaired) electrons. The summed E-state index contributed by atoms with van der Waals surface area (Å²) in [5.74, 6) is -0.274. The van der Waals surface area contributed by atoms with Gasteiger partial charge in [0.1, 0.15) is 5.82 Å². The topological polar surface area (TPSA) is 49.5 Å². The monoisotopic (exact) mass is 240 g/mol. The Morgan fingerprint density at radius 3 is 2.71 bits per heavy atom. The molecule has 0 aliphatic carbocycles. The largest absolute Gasteiger partial charge is 0.395 e. The molecular weight excluding hydrogens is 219 g/mol. The quantitative estimate of drug-likeness (QED) is 0.765. The Morgan fingerprint density at radius 2 is 2.12 bits per heavy atom. The zero-order chi connectivity index (χ0) is 12.7. The molecule has 0 heterocycles. The number of rotatable bonds is 7. The molecule has 0 amide bonds. The van der Waals surface area contributed by atoms with Gasteiger partial charge in [0.15, 0.2) is 0 Å². The number of unbranched alkanes of at least 4 members (excludes halogenated alkanes) is 1. The van der Waals surface area contributed by atoms with Crippen molar-refractivity contribution in [3.05, 3.63) is 29.6 Å². The van der Waals surface area contributed by atoms with Crippen molar-refractivity contribution >= 4 is 5.69 Å². The van der Waals surface area contributed by atoms with E-state index in [0.717, 1.165) is 25.1 Å². The van der Waals surface area contributed by atoms with Crippen molar-refractivity contribution in [2.24, 2.45) is 5.73 Å². The normalized spacial score (nSPS) is 10.6. The van der Waals surface area contributed by atoms with Crippen LogP contribution in [0.4, 0.5) is 10.1 Å². The van der Waals surface area contributed by atoms with Crippen molar-refractivity contribution < 1.29 is 9.50 Å². The third-order valence-electron chi connectivity index (χ3n) is 2.79. The predicted molar refractivity (Wildman–Crippen MR) is 68.5 cm³/mol. The number of aliphatic hydroxyl groups excluding tert-OH is 1. The molecule has 0 aliphatic rings. The summed E-state index contributed by atoms with van der Waals surface area (Å²) in [4.78, 5) is 1.99. The molecule has 4 heteroatoms. The van der Waals surface area contributed by atoms with E-state index in [1.54, 1.807) is 6.07 Å². The van der Waals surface area contributed by atoms with E-state index in [2.05, 4.69) is 6.92 Å². The number of benzene rings is 1. The fourth-order valence-electron chi connectivity index (χ4n) is 1.87. The second-order valence-electron chi connectivity index (χ2n) is 4.01. The average Bonchev–Trinajstić information content (AvgIpc) is 2.34. The van der Waals surface area contributed by atoms with Gasteiger partial charge in [-0.25, -0.2) is 4.39 Å². The maximum absolute atomic E-state index is 13.6. The molecule has 0 saturated carbocycles. The minimum absolute atomic E-state index is 0.0598. The van der Waals surface area contributed by atoms with Crippen LogP contribution in [0, 0.1) is 5.82 Å². The summed E-state index contributed by atoms with van der Waals surface area (Å²) in [6.07, 6.45) is 2.08. The molecule has 0 aliphatic heterocycles. The summed E-state index contributed by atoms with van der Waals surface area (Å²) in [6.45, 7) is 3.66. The Hall–Kier alpha value is -1.13. The van der Waals surface area contributed by atoms with Crippen LogP contribution in [0.15, 0.2) is 18.2 Å². The second kappa shape index (κ2) is 7.25. The number of hydrogen-bond acceptors (Lipinski definition) is 3. The third kappa shape index (κ3) is 3.68. The molecule has 0 aromatic heterocycles. The number of nitrogens with two attached hydrogens (primary N) is 1. The van der Waals surface area contributed by atoms with Crippen LogP contribution in [0.1, 0.15) is 25.3 Å². The lowest BCUT2D eigenvalue weighted by Gasteiger charge is -2.26. The lowest BCUT2D eigenvalue weighted by molar-refractivity contribution is 0.301. The van der Waals surface area contributed by atoms with Gasteiger partial charge >= 0.3 is 0 Å². The first-order valence-corrected chi connectivity index (χ1v) is 6.07. The summed E-state index contributed by atoms with van der Waals surface area (Å²) in [7, 11) is 0. The van der Waals surface area contributed by atoms with Crippen LogP contribution >= 0.6 is 0 Å². The zero-order valence-electron chi connectivity index (χ0n) is 10.3. The smallest absolute Gasteiger partial charge is 0.129 e. The first kappa shape index (κ1) is 13.9. The SMILES string of the molecule is CCCCN(CCO)c1cccc(F)c1CN. The van der Waals surface area contributed by atoms with Gasteiger partial charge in [0.25, 0.3) is 0 Å². The van der Waals surface area contributed by atoms with E-state index in [1.807, 2.05) is 11.0 Å². The first-order valence-electron chi connectivity index (χ1n) is 6.07. The fourth-order valence-corrected chi connectivity index (χ4v) is 1.87. The highest BCUT2D eigenvalue weighted by molar-refractivity contribution is 5.54. The second-order valence-corrected chi connectivity index (χ2v) is 4.01. The number of halogens is 1. The minimum Gasteiger partial charge on any atom is -0.395 e. The minimum atomic E-state index is -0.274. The Bertz CT molecular complexity index is 344. The molecule has 1 aromatic rings. The van der Waals surface area contributed by atoms with Crippen LogP contribution < -0.4 is 10.6 Å². The van der Waals surface area contributed by atoms with E-state index in [4.69, 9.17) is 10.8 Å². The third-order valence-corrected chi connectivity index (χ3v) is 2.79. The van der Waals surface area contributed by atoms with Gasteiger partial charge in [-0.1, -0.05) is 19.4 Å². The van der Waals surface area contributed by atoms with Crippen molar-refractivity contribution in [2.45, 2.75) is 26.3 Å². The van der Waals surface area contributed by atoms with Gasteiger partial charge in [0.05, 0.1) is 6.61 Å². The molecule has 96 valence electrons. The summed E-state index contributed by atoms with van der Waals surface area (Å²) >= 11 is 0. The van der Waals surface area contributed by atoms with E-state index in [-0.39, 0.29) is 19.0 Å². The van der Waals surface area contributed by atoms with Crippen molar-refractivity contribution in [2.75, 3.05) is 24.6 Å². The van der Waals surface area contributed by atoms with Crippen LogP contribution in [0.2, 0.25) is 0 Å². The zero-order valence-corrected chi connectivity index (χ0v) is 10.3. The highest BCUT2D eigenvalue weighted by Crippen LogP contribution is 2.23. The van der Waals surface area contributed by atoms with Gasteiger partial charge in [-0.05, 0) is 18.6 Å². The molecule has 0 saturated heterocycles. The van der Waals surface area contributed by atoms with Gasteiger partial charge < -0.3 is 15.7 Å². The van der Waals surface area contributed by atoms with E-state index in [0.29, 0.717) is 12.1 Å². The number of aliphatic hydroxyl groups is 1. The lowest BCUT2D eigenvalue weighted by Crippen LogP contribution is -2.29. The molecule has 0 fully saturated rings. The van der Waals surface area contributed by atoms with Gasteiger partial charge in [-0.2, -0.15) is 0 Å². The molecule has 0 spiro atoms. The van der Waals surface area contributed by atoms with Crippen LogP contribution in [0.3, 0.4) is 0 Å². The van der Waals surface area contributed by atoms with Crippen LogP contribution in [-0.4, -0.2) is 24.8 Å². The van der Waals surface area contributed by atoms with Crippen LogP contribution in [0.5, 0.6) is 0 Å². The average molecular weight is 240 g/mol. The Kier molecular flexibility index (Phi) is 5.94. The standard InChI is InChI=1S/C13H21FN2O/c1-2-3-7-16(8-9-17)13-6-4-5-12(14)11(13)10-15/h4-6,17H,2-3,7-10,15H2,1H3. The maximum Gasteiger partial charge on any atom is 0.129 e. The number of nitrogens with zero attached hydrogens (tertiary/aromatic N) is 1. The molecule has 0 atom stereocenters. The van der Waals surface area contributed by atoms with Crippen LogP contribution in [-0.2, 0) is 6.54 Å². The summed E-state index contributed by atoms with van der Waals surface area (Å²) in [5, 5.41) is 9.06. The molecular formula is C13H21FN2O. The van der Waals surface area contributed by atoms with Crippen molar-refractivity contribution in [1.29, 1.82) is 0 Å². The number of anilines is 1. The first-order chi connectivity index (χ1) is 8.24. The molecule has 1 aromatic carbocycles. The highest BCUT2D eigenvalue weighted by atomic mass is 19.1. The van der Waals surface area contributed by atoms with E-state index < -0.39 is 0 Å². The fraction of sp³-hybridized carbons (Fsp3) is 0.538. The Morgan fingerprint density at radius 1 is 1.35 bits per heavy atom. The molecule has 17 heavy (non-hydrogen) atoms. The van der Waals surface area contributed by atoms with E-state index in [1.165, 1.54) is 6.07 Å². The number of hydrogen-bond donors (Lipinski definition) is 2. The van der Waals surface area contributed by atoms with Gasteiger partial charge in [0.2, 0.25) is 0 Å². The van der Waals surface area contributed by atoms with E-state index in [9.17, 15) is 4.39 Å². The van der Waals surface area contributed by atoms with E-state index >= 15 is 0 Å². The van der Waals surface area contributed by atoms with Gasteiger partial charge in [-0.3, -0.25) is 0 Å². The molecule has 0 bridgehead atoms. The van der Waals surface area contributed by atoms with Crippen molar-refractivity contribution in [1.82, 2.24) is 0 Å². The van der Waals surface area contributed by atoms with Crippen LogP contribution in [0.25, 0.3) is 0 Å². The van der Waals surface area contributed by atoms with Gasteiger partial charge in [0, 0.05) is 30.9 Å². The Balaban J connectivity index is 2.95. The molecule has 1 rings (SSSR count). The molecule has 0 unspecified atom stereocenters. The molecule has 3 N–H and O–H groups in total. The van der Waals surface area contributed by atoms with Gasteiger partial charge in [-0.15, -0.1) is 0 Å². The predicted octanol–water partition coefficient (Wildman–Crippen LogP) is 1.88. The van der Waals surface area contributed by atoms with Crippen molar-refractivity contribution in [3.63, 3.8) is 0 Å². The summed E-state index contributed by atoms with van der Waals surface area (Å²) in [6, 6.07) is 4.96. The lowest BCUT2D eigenvalue weighted by atomic mass is 10.1. The molecule has 3 nitrogen and oxygen atoms in total.